The normalized spacial score (nSPS) is 10.7. The van der Waals surface area contributed by atoms with E-state index >= 15 is 0 Å². The van der Waals surface area contributed by atoms with Crippen LogP contribution in [0.3, 0.4) is 0 Å². The smallest absolute Gasteiger partial charge is 0.287 e. The zero-order valence-electron chi connectivity index (χ0n) is 14.3. The first-order chi connectivity index (χ1) is 13.2. The molecule has 7 heteroatoms. The molecule has 2 aromatic carbocycles. The molecule has 0 atom stereocenters. The van der Waals surface area contributed by atoms with Gasteiger partial charge < -0.3 is 15.1 Å². The van der Waals surface area contributed by atoms with Gasteiger partial charge in [0.2, 0.25) is 5.91 Å². The van der Waals surface area contributed by atoms with Crippen LogP contribution in [0.15, 0.2) is 77.7 Å². The van der Waals surface area contributed by atoms with Gasteiger partial charge in [0, 0.05) is 11.4 Å². The van der Waals surface area contributed by atoms with Crippen molar-refractivity contribution in [2.75, 3.05) is 11.9 Å². The monoisotopic (exact) mass is 360 g/mol. The maximum atomic E-state index is 12.0. The number of furan rings is 1. The molecule has 2 amide bonds. The fraction of sp³-hybridized carbons (Fsp3) is 0.0500. The zero-order chi connectivity index (χ0) is 18.6. The van der Waals surface area contributed by atoms with Gasteiger partial charge in [-0.25, -0.2) is 4.98 Å². The van der Waals surface area contributed by atoms with E-state index in [1.165, 1.54) is 12.3 Å². The van der Waals surface area contributed by atoms with Crippen LogP contribution >= 0.6 is 0 Å². The molecule has 4 rings (SSSR count). The van der Waals surface area contributed by atoms with E-state index in [1.54, 1.807) is 24.5 Å². The molecule has 4 aromatic rings. The maximum absolute atomic E-state index is 12.0. The molecule has 0 aliphatic rings. The molecule has 0 unspecified atom stereocenters. The summed E-state index contributed by atoms with van der Waals surface area (Å²) in [4.78, 5) is 28.1. The third kappa shape index (κ3) is 3.57. The molecule has 2 N–H and O–H groups in total. The number of carbonyl (C=O) groups is 2. The average Bonchev–Trinajstić information content (AvgIpc) is 3.37. The lowest BCUT2D eigenvalue weighted by Gasteiger charge is -2.08. The number of nitrogens with one attached hydrogen (secondary N) is 2. The summed E-state index contributed by atoms with van der Waals surface area (Å²) in [7, 11) is 0. The van der Waals surface area contributed by atoms with Crippen molar-refractivity contribution in [2.45, 2.75) is 0 Å². The van der Waals surface area contributed by atoms with E-state index in [9.17, 15) is 9.59 Å². The van der Waals surface area contributed by atoms with E-state index in [0.29, 0.717) is 5.69 Å². The lowest BCUT2D eigenvalue weighted by atomic mass is 10.2. The molecule has 2 aromatic heterocycles. The number of carbonyl (C=O) groups excluding carboxylic acids is 2. The number of rotatable bonds is 5. The van der Waals surface area contributed by atoms with Crippen LogP contribution in [0, 0.1) is 0 Å². The Bertz CT molecular complexity index is 1080. The highest BCUT2D eigenvalue weighted by Crippen LogP contribution is 2.19. The summed E-state index contributed by atoms with van der Waals surface area (Å²) in [6.45, 7) is -0.145. The van der Waals surface area contributed by atoms with Gasteiger partial charge in [-0.15, -0.1) is 0 Å². The molecule has 0 aliphatic heterocycles. The molecule has 0 aliphatic carbocycles. The zero-order valence-corrected chi connectivity index (χ0v) is 14.3. The molecule has 0 saturated carbocycles. The number of benzene rings is 2. The van der Waals surface area contributed by atoms with Crippen LogP contribution in [0.5, 0.6) is 0 Å². The number of nitrogens with zero attached hydrogens (tertiary/aromatic N) is 2. The predicted molar refractivity (Wildman–Crippen MR) is 101 cm³/mol. The summed E-state index contributed by atoms with van der Waals surface area (Å²) in [5.41, 5.74) is 3.50. The molecular weight excluding hydrogens is 344 g/mol. The van der Waals surface area contributed by atoms with Gasteiger partial charge in [-0.2, -0.15) is 0 Å². The van der Waals surface area contributed by atoms with Gasteiger partial charge >= 0.3 is 0 Å². The molecule has 2 heterocycles. The summed E-state index contributed by atoms with van der Waals surface area (Å²) in [6.07, 6.45) is 3.17. The number of imidazole rings is 1. The number of aromatic nitrogens is 2. The Kier molecular flexibility index (Phi) is 4.40. The summed E-state index contributed by atoms with van der Waals surface area (Å²) < 4.78 is 6.95. The highest BCUT2D eigenvalue weighted by atomic mass is 16.3. The number of hydrogen-bond acceptors (Lipinski definition) is 4. The number of anilines is 1. The van der Waals surface area contributed by atoms with Crippen molar-refractivity contribution in [3.63, 3.8) is 0 Å². The average molecular weight is 360 g/mol. The Hall–Kier alpha value is -3.87. The minimum absolute atomic E-state index is 0.145. The number of hydrogen-bond donors (Lipinski definition) is 2. The standard InChI is InChI=1S/C20H16N4O3/c25-19(12-21-20(26)18-6-3-11-27-18)23-14-7-9-15(10-8-14)24-13-22-16-4-1-2-5-17(16)24/h1-11,13H,12H2,(H,21,26)(H,23,25). The van der Waals surface area contributed by atoms with Crippen LogP contribution in [-0.2, 0) is 4.79 Å². The van der Waals surface area contributed by atoms with Gasteiger partial charge in [-0.1, -0.05) is 12.1 Å². The largest absolute Gasteiger partial charge is 0.459 e. The van der Waals surface area contributed by atoms with Gasteiger partial charge in [0.05, 0.1) is 23.8 Å². The third-order valence-corrected chi connectivity index (χ3v) is 4.04. The number of fused-ring (bicyclic) bond motifs is 1. The van der Waals surface area contributed by atoms with Gasteiger partial charge in [0.15, 0.2) is 5.76 Å². The van der Waals surface area contributed by atoms with Crippen molar-refractivity contribution < 1.29 is 14.0 Å². The molecule has 27 heavy (non-hydrogen) atoms. The van der Waals surface area contributed by atoms with Crippen LogP contribution in [0.2, 0.25) is 0 Å². The number of amides is 2. The predicted octanol–water partition coefficient (Wildman–Crippen LogP) is 2.99. The lowest BCUT2D eigenvalue weighted by Crippen LogP contribution is -2.32. The minimum Gasteiger partial charge on any atom is -0.459 e. The molecule has 0 fully saturated rings. The van der Waals surface area contributed by atoms with Crippen molar-refractivity contribution in [2.24, 2.45) is 0 Å². The SMILES string of the molecule is O=C(CNC(=O)c1ccco1)Nc1ccc(-n2cnc3ccccc32)cc1. The quantitative estimate of drug-likeness (QED) is 0.573. The van der Waals surface area contributed by atoms with Crippen LogP contribution in [0.25, 0.3) is 16.7 Å². The topological polar surface area (TPSA) is 89.2 Å². The van der Waals surface area contributed by atoms with Crippen LogP contribution in [-0.4, -0.2) is 27.9 Å². The van der Waals surface area contributed by atoms with Crippen LogP contribution < -0.4 is 10.6 Å². The molecular formula is C20H16N4O3. The Morgan fingerprint density at radius 3 is 2.59 bits per heavy atom. The molecule has 134 valence electrons. The summed E-state index contributed by atoms with van der Waals surface area (Å²) in [6, 6.07) is 18.4. The second-order valence-electron chi connectivity index (χ2n) is 5.86. The Labute approximate surface area is 154 Å². The number of para-hydroxylation sites is 2. The maximum Gasteiger partial charge on any atom is 0.287 e. The van der Waals surface area contributed by atoms with Crippen LogP contribution in [0.4, 0.5) is 5.69 Å². The molecule has 7 nitrogen and oxygen atoms in total. The van der Waals surface area contributed by atoms with E-state index in [4.69, 9.17) is 4.42 Å². The fourth-order valence-corrected chi connectivity index (χ4v) is 2.73. The van der Waals surface area contributed by atoms with Crippen molar-refractivity contribution >= 4 is 28.5 Å². The van der Waals surface area contributed by atoms with Crippen LogP contribution in [0.1, 0.15) is 10.6 Å². The van der Waals surface area contributed by atoms with E-state index in [0.717, 1.165) is 16.7 Å². The summed E-state index contributed by atoms with van der Waals surface area (Å²) in [5, 5.41) is 5.24. The van der Waals surface area contributed by atoms with Crippen molar-refractivity contribution in [3.05, 3.63) is 79.0 Å². The highest BCUT2D eigenvalue weighted by Gasteiger charge is 2.10. The van der Waals surface area contributed by atoms with E-state index in [2.05, 4.69) is 15.6 Å². The van der Waals surface area contributed by atoms with Gasteiger partial charge in [0.25, 0.3) is 5.91 Å². The van der Waals surface area contributed by atoms with E-state index < -0.39 is 5.91 Å². The second-order valence-corrected chi connectivity index (χ2v) is 5.86. The Morgan fingerprint density at radius 1 is 1.00 bits per heavy atom. The van der Waals surface area contributed by atoms with Crippen molar-refractivity contribution in [3.8, 4) is 5.69 Å². The summed E-state index contributed by atoms with van der Waals surface area (Å²) >= 11 is 0. The Balaban J connectivity index is 1.39. The molecule has 0 bridgehead atoms. The van der Waals surface area contributed by atoms with E-state index in [-0.39, 0.29) is 18.2 Å². The third-order valence-electron chi connectivity index (χ3n) is 4.04. The van der Waals surface area contributed by atoms with E-state index in [1.807, 2.05) is 41.0 Å². The first-order valence-corrected chi connectivity index (χ1v) is 8.35. The van der Waals surface area contributed by atoms with Gasteiger partial charge in [0.1, 0.15) is 6.33 Å². The molecule has 0 saturated heterocycles. The van der Waals surface area contributed by atoms with Gasteiger partial charge in [-0.3, -0.25) is 14.2 Å². The minimum atomic E-state index is -0.433. The van der Waals surface area contributed by atoms with Crippen molar-refractivity contribution in [1.29, 1.82) is 0 Å². The highest BCUT2D eigenvalue weighted by molar-refractivity contribution is 5.98. The fourth-order valence-electron chi connectivity index (χ4n) is 2.73. The lowest BCUT2D eigenvalue weighted by molar-refractivity contribution is -0.115. The second kappa shape index (κ2) is 7.17. The first-order valence-electron chi connectivity index (χ1n) is 8.35. The van der Waals surface area contributed by atoms with Gasteiger partial charge in [-0.05, 0) is 48.5 Å². The molecule has 0 spiro atoms. The first kappa shape index (κ1) is 16.6. The summed E-state index contributed by atoms with van der Waals surface area (Å²) in [5.74, 6) is -0.590. The van der Waals surface area contributed by atoms with Crippen molar-refractivity contribution in [1.82, 2.24) is 14.9 Å². The molecule has 0 radical (unpaired) electrons. The Morgan fingerprint density at radius 2 is 1.81 bits per heavy atom.